The molecule has 1 N–H and O–H groups in total. The number of rotatable bonds is 7. The molecule has 3 rings (SSSR count). The van der Waals surface area contributed by atoms with Crippen molar-refractivity contribution in [3.63, 3.8) is 0 Å². The molecular weight excluding hydrogens is 296 g/mol. The fourth-order valence-electron chi connectivity index (χ4n) is 3.03. The van der Waals surface area contributed by atoms with E-state index in [0.717, 1.165) is 25.1 Å². The average molecular weight is 322 g/mol. The molecule has 0 amide bonds. The number of aromatic nitrogens is 1. The molecule has 0 unspecified atom stereocenters. The van der Waals surface area contributed by atoms with E-state index in [2.05, 4.69) is 61.4 Å². The Morgan fingerprint density at radius 3 is 2.50 bits per heavy atom. The first kappa shape index (κ1) is 16.6. The maximum Gasteiger partial charge on any atom is 0.129 e. The first-order valence-electron chi connectivity index (χ1n) is 8.62. The molecule has 0 radical (unpaired) electrons. The predicted octanol–water partition coefficient (Wildman–Crippen LogP) is 4.41. The molecule has 1 aromatic heterocycles. The largest absolute Gasteiger partial charge is 0.488 e. The van der Waals surface area contributed by atoms with Crippen LogP contribution in [0.25, 0.3) is 10.9 Å². The second-order valence-corrected chi connectivity index (χ2v) is 6.47. The van der Waals surface area contributed by atoms with Gasteiger partial charge in [-0.1, -0.05) is 43.3 Å². The van der Waals surface area contributed by atoms with Crippen molar-refractivity contribution in [3.05, 3.63) is 65.4 Å². The molecule has 1 heterocycles. The Labute approximate surface area is 144 Å². The molecule has 0 fully saturated rings. The summed E-state index contributed by atoms with van der Waals surface area (Å²) < 4.78 is 6.18. The molecule has 0 aliphatic rings. The molecule has 0 saturated heterocycles. The van der Waals surface area contributed by atoms with Crippen LogP contribution in [0.2, 0.25) is 0 Å². The lowest BCUT2D eigenvalue weighted by Crippen LogP contribution is -2.14. The first-order valence-corrected chi connectivity index (χ1v) is 8.62. The minimum atomic E-state index is 0.597. The molecule has 126 valence electrons. The van der Waals surface area contributed by atoms with Gasteiger partial charge in [0.2, 0.25) is 0 Å². The number of hydrogen-bond acceptors (Lipinski definition) is 2. The highest BCUT2D eigenvalue weighted by Gasteiger charge is 2.13. The number of likely N-dealkylation sites (N-methyl/N-ethyl adjacent to an activating group) is 1. The maximum absolute atomic E-state index is 6.18. The van der Waals surface area contributed by atoms with Crippen LogP contribution in [0.15, 0.2) is 48.7 Å². The molecule has 0 atom stereocenters. The summed E-state index contributed by atoms with van der Waals surface area (Å²) in [6, 6.07) is 14.6. The van der Waals surface area contributed by atoms with Gasteiger partial charge in [0.05, 0.1) is 5.52 Å². The lowest BCUT2D eigenvalue weighted by Gasteiger charge is -2.12. The molecule has 2 aromatic carbocycles. The van der Waals surface area contributed by atoms with E-state index in [0.29, 0.717) is 6.61 Å². The van der Waals surface area contributed by atoms with E-state index in [4.69, 9.17) is 4.74 Å². The van der Waals surface area contributed by atoms with Gasteiger partial charge in [-0.3, -0.25) is 0 Å². The highest BCUT2D eigenvalue weighted by atomic mass is 16.5. The van der Waals surface area contributed by atoms with Crippen LogP contribution in [0, 0.1) is 0 Å². The SMILES string of the molecule is CCc1ccc(OCc2ccccc2)c2c(CCN(C)C)c[nH]c12. The normalized spacial score (nSPS) is 11.3. The van der Waals surface area contributed by atoms with E-state index in [-0.39, 0.29) is 0 Å². The van der Waals surface area contributed by atoms with Crippen LogP contribution < -0.4 is 4.74 Å². The summed E-state index contributed by atoms with van der Waals surface area (Å²) in [5.74, 6) is 0.973. The molecule has 3 heteroatoms. The summed E-state index contributed by atoms with van der Waals surface area (Å²) >= 11 is 0. The number of fused-ring (bicyclic) bond motifs is 1. The second-order valence-electron chi connectivity index (χ2n) is 6.47. The van der Waals surface area contributed by atoms with Crippen molar-refractivity contribution in [1.82, 2.24) is 9.88 Å². The van der Waals surface area contributed by atoms with Crippen LogP contribution in [0.1, 0.15) is 23.6 Å². The standard InChI is InChI=1S/C21H26N2O/c1-4-17-10-11-19(24-15-16-8-6-5-7-9-16)20-18(12-13-23(2)3)14-22-21(17)20/h5-11,14,22H,4,12-13,15H2,1-3H3. The Bertz CT molecular complexity index is 790. The minimum absolute atomic E-state index is 0.597. The van der Waals surface area contributed by atoms with Crippen molar-refractivity contribution in [1.29, 1.82) is 0 Å². The van der Waals surface area contributed by atoms with Crippen LogP contribution in [0.5, 0.6) is 5.75 Å². The third-order valence-electron chi connectivity index (χ3n) is 4.41. The smallest absolute Gasteiger partial charge is 0.129 e. The highest BCUT2D eigenvalue weighted by Crippen LogP contribution is 2.32. The topological polar surface area (TPSA) is 28.3 Å². The Balaban J connectivity index is 1.92. The average Bonchev–Trinajstić information content (AvgIpc) is 3.03. The van der Waals surface area contributed by atoms with Crippen LogP contribution in [-0.2, 0) is 19.4 Å². The van der Waals surface area contributed by atoms with E-state index in [1.54, 1.807) is 0 Å². The van der Waals surface area contributed by atoms with E-state index >= 15 is 0 Å². The zero-order chi connectivity index (χ0) is 16.9. The molecule has 0 spiro atoms. The summed E-state index contributed by atoms with van der Waals surface area (Å²) in [6.07, 6.45) is 4.17. The number of ether oxygens (including phenoxy) is 1. The fraction of sp³-hybridized carbons (Fsp3) is 0.333. The number of H-pyrrole nitrogens is 1. The van der Waals surface area contributed by atoms with E-state index in [1.165, 1.54) is 27.6 Å². The van der Waals surface area contributed by atoms with Gasteiger partial charge in [0.25, 0.3) is 0 Å². The first-order chi connectivity index (χ1) is 11.7. The number of aromatic amines is 1. The quantitative estimate of drug-likeness (QED) is 0.698. The van der Waals surface area contributed by atoms with Gasteiger partial charge >= 0.3 is 0 Å². The lowest BCUT2D eigenvalue weighted by atomic mass is 10.0. The van der Waals surface area contributed by atoms with Crippen molar-refractivity contribution in [2.24, 2.45) is 0 Å². The van der Waals surface area contributed by atoms with E-state index < -0.39 is 0 Å². The van der Waals surface area contributed by atoms with Crippen LogP contribution in [-0.4, -0.2) is 30.5 Å². The predicted molar refractivity (Wildman–Crippen MR) is 101 cm³/mol. The van der Waals surface area contributed by atoms with Gasteiger partial charge in [0.15, 0.2) is 0 Å². The van der Waals surface area contributed by atoms with Crippen molar-refractivity contribution < 1.29 is 4.74 Å². The summed E-state index contributed by atoms with van der Waals surface area (Å²) in [5.41, 5.74) is 5.08. The zero-order valence-electron chi connectivity index (χ0n) is 14.8. The molecular formula is C21H26N2O. The Hall–Kier alpha value is -2.26. The summed E-state index contributed by atoms with van der Waals surface area (Å²) in [4.78, 5) is 5.69. The molecule has 0 bridgehead atoms. The zero-order valence-corrected chi connectivity index (χ0v) is 14.8. The molecule has 0 aliphatic heterocycles. The summed E-state index contributed by atoms with van der Waals surface area (Å²) in [7, 11) is 4.22. The third-order valence-corrected chi connectivity index (χ3v) is 4.41. The van der Waals surface area contributed by atoms with Crippen LogP contribution >= 0.6 is 0 Å². The van der Waals surface area contributed by atoms with E-state index in [1.807, 2.05) is 18.2 Å². The fourth-order valence-corrected chi connectivity index (χ4v) is 3.03. The van der Waals surface area contributed by atoms with Gasteiger partial charge in [-0.15, -0.1) is 0 Å². The van der Waals surface area contributed by atoms with Crippen molar-refractivity contribution in [2.45, 2.75) is 26.4 Å². The van der Waals surface area contributed by atoms with Crippen LogP contribution in [0.4, 0.5) is 0 Å². The monoisotopic (exact) mass is 322 g/mol. The molecule has 3 nitrogen and oxygen atoms in total. The molecule has 3 aromatic rings. The van der Waals surface area contributed by atoms with Crippen molar-refractivity contribution in [2.75, 3.05) is 20.6 Å². The van der Waals surface area contributed by atoms with E-state index in [9.17, 15) is 0 Å². The Morgan fingerprint density at radius 2 is 1.79 bits per heavy atom. The molecule has 0 aliphatic carbocycles. The molecule has 0 saturated carbocycles. The Morgan fingerprint density at radius 1 is 1.00 bits per heavy atom. The number of benzene rings is 2. The molecule has 24 heavy (non-hydrogen) atoms. The van der Waals surface area contributed by atoms with Gasteiger partial charge in [0.1, 0.15) is 12.4 Å². The van der Waals surface area contributed by atoms with Gasteiger partial charge < -0.3 is 14.6 Å². The van der Waals surface area contributed by atoms with Gasteiger partial charge in [-0.05, 0) is 49.7 Å². The third kappa shape index (κ3) is 3.62. The summed E-state index contributed by atoms with van der Waals surface area (Å²) in [5, 5.41) is 1.24. The van der Waals surface area contributed by atoms with Crippen molar-refractivity contribution >= 4 is 10.9 Å². The van der Waals surface area contributed by atoms with Gasteiger partial charge in [0, 0.05) is 18.1 Å². The lowest BCUT2D eigenvalue weighted by molar-refractivity contribution is 0.310. The Kier molecular flexibility index (Phi) is 5.21. The van der Waals surface area contributed by atoms with Crippen LogP contribution in [0.3, 0.4) is 0 Å². The van der Waals surface area contributed by atoms with Gasteiger partial charge in [-0.25, -0.2) is 0 Å². The summed E-state index contributed by atoms with van der Waals surface area (Å²) in [6.45, 7) is 3.82. The maximum atomic E-state index is 6.18. The highest BCUT2D eigenvalue weighted by molar-refractivity contribution is 5.91. The second kappa shape index (κ2) is 7.54. The number of nitrogens with one attached hydrogen (secondary N) is 1. The number of nitrogens with zero attached hydrogens (tertiary/aromatic N) is 1. The minimum Gasteiger partial charge on any atom is -0.488 e. The van der Waals surface area contributed by atoms with Gasteiger partial charge in [-0.2, -0.15) is 0 Å². The number of hydrogen-bond donors (Lipinski definition) is 1. The number of aryl methyl sites for hydroxylation is 1. The van der Waals surface area contributed by atoms with Crippen molar-refractivity contribution in [3.8, 4) is 5.75 Å².